The highest BCUT2D eigenvalue weighted by molar-refractivity contribution is 6.20. The lowest BCUT2D eigenvalue weighted by Crippen LogP contribution is -2.34. The molecule has 1 aromatic heterocycles. The fraction of sp³-hybridized carbons (Fsp3) is 0.273. The van der Waals surface area contributed by atoms with Gasteiger partial charge in [-0.3, -0.25) is 19.5 Å². The standard InChI is InChI=1S/C11H10N2O5/c14-7(11(17)18)3-5-13-9(15)6-2-1-4-12-8(6)10(13)16/h1-2,4,7,14H,3,5H2,(H,17,18). The molecule has 7 heteroatoms. The van der Waals surface area contributed by atoms with Crippen LogP contribution in [0.5, 0.6) is 0 Å². The fourth-order valence-electron chi connectivity index (χ4n) is 1.69. The van der Waals surface area contributed by atoms with Crippen molar-refractivity contribution in [1.29, 1.82) is 0 Å². The predicted molar refractivity (Wildman–Crippen MR) is 57.9 cm³/mol. The van der Waals surface area contributed by atoms with Crippen molar-refractivity contribution in [3.63, 3.8) is 0 Å². The number of carboxylic acids is 1. The van der Waals surface area contributed by atoms with Gasteiger partial charge in [-0.15, -0.1) is 0 Å². The van der Waals surface area contributed by atoms with Crippen molar-refractivity contribution < 1.29 is 24.6 Å². The van der Waals surface area contributed by atoms with Crippen molar-refractivity contribution in [1.82, 2.24) is 9.88 Å². The third kappa shape index (κ3) is 1.95. The molecule has 0 saturated heterocycles. The van der Waals surface area contributed by atoms with E-state index < -0.39 is 23.9 Å². The first-order chi connectivity index (χ1) is 8.52. The number of rotatable bonds is 4. The number of pyridine rings is 1. The van der Waals surface area contributed by atoms with Gasteiger partial charge in [0.2, 0.25) is 0 Å². The van der Waals surface area contributed by atoms with Crippen molar-refractivity contribution in [2.45, 2.75) is 12.5 Å². The summed E-state index contributed by atoms with van der Waals surface area (Å²) in [6.45, 7) is -0.151. The van der Waals surface area contributed by atoms with E-state index in [2.05, 4.69) is 4.98 Å². The predicted octanol–water partition coefficient (Wildman–Crippen LogP) is -0.487. The molecule has 1 unspecified atom stereocenters. The zero-order valence-electron chi connectivity index (χ0n) is 9.24. The van der Waals surface area contributed by atoms with Crippen LogP contribution in [-0.2, 0) is 4.79 Å². The van der Waals surface area contributed by atoms with Gasteiger partial charge in [0, 0.05) is 19.2 Å². The summed E-state index contributed by atoms with van der Waals surface area (Å²) in [4.78, 5) is 38.8. The molecule has 0 aromatic carbocycles. The van der Waals surface area contributed by atoms with Crippen LogP contribution in [0.4, 0.5) is 0 Å². The summed E-state index contributed by atoms with van der Waals surface area (Å²) in [5.41, 5.74) is 0.264. The summed E-state index contributed by atoms with van der Waals surface area (Å²) < 4.78 is 0. The molecule has 18 heavy (non-hydrogen) atoms. The molecule has 1 atom stereocenters. The molecule has 2 rings (SSSR count). The number of nitrogens with zero attached hydrogens (tertiary/aromatic N) is 2. The van der Waals surface area contributed by atoms with E-state index in [-0.39, 0.29) is 24.2 Å². The highest BCUT2D eigenvalue weighted by Crippen LogP contribution is 2.20. The van der Waals surface area contributed by atoms with Gasteiger partial charge < -0.3 is 10.2 Å². The van der Waals surface area contributed by atoms with E-state index in [0.717, 1.165) is 4.90 Å². The molecule has 0 fully saturated rings. The van der Waals surface area contributed by atoms with Crippen LogP contribution in [0.1, 0.15) is 27.3 Å². The van der Waals surface area contributed by atoms with Gasteiger partial charge >= 0.3 is 5.97 Å². The van der Waals surface area contributed by atoms with Gasteiger partial charge in [-0.05, 0) is 12.1 Å². The van der Waals surface area contributed by atoms with Gasteiger partial charge in [0.25, 0.3) is 11.8 Å². The second-order valence-corrected chi connectivity index (χ2v) is 3.80. The molecule has 94 valence electrons. The van der Waals surface area contributed by atoms with Gasteiger partial charge in [0.05, 0.1) is 5.56 Å². The molecule has 1 aliphatic heterocycles. The van der Waals surface area contributed by atoms with Crippen LogP contribution in [0.2, 0.25) is 0 Å². The minimum Gasteiger partial charge on any atom is -0.479 e. The number of aliphatic hydroxyl groups excluding tert-OH is 1. The van der Waals surface area contributed by atoms with Crippen molar-refractivity contribution in [2.75, 3.05) is 6.54 Å². The van der Waals surface area contributed by atoms with E-state index in [4.69, 9.17) is 10.2 Å². The van der Waals surface area contributed by atoms with Gasteiger partial charge in [-0.1, -0.05) is 0 Å². The van der Waals surface area contributed by atoms with Gasteiger partial charge in [0.1, 0.15) is 5.69 Å². The molecule has 2 amide bonds. The number of carboxylic acid groups (broad SMARTS) is 1. The molecule has 7 nitrogen and oxygen atoms in total. The normalized spacial score (nSPS) is 15.7. The number of aliphatic hydroxyl groups is 1. The molecular weight excluding hydrogens is 240 g/mol. The Hall–Kier alpha value is -2.28. The smallest absolute Gasteiger partial charge is 0.332 e. The van der Waals surface area contributed by atoms with Gasteiger partial charge in [0.15, 0.2) is 6.10 Å². The van der Waals surface area contributed by atoms with E-state index in [1.165, 1.54) is 12.3 Å². The maximum absolute atomic E-state index is 11.8. The van der Waals surface area contributed by atoms with Crippen LogP contribution in [0.15, 0.2) is 18.3 Å². The molecule has 0 bridgehead atoms. The minimum atomic E-state index is -1.60. The number of amides is 2. The van der Waals surface area contributed by atoms with Crippen LogP contribution >= 0.6 is 0 Å². The Kier molecular flexibility index (Phi) is 3.07. The Balaban J connectivity index is 2.12. The molecule has 0 radical (unpaired) electrons. The lowest BCUT2D eigenvalue weighted by Gasteiger charge is -2.14. The number of hydrogen-bond acceptors (Lipinski definition) is 5. The number of carbonyl (C=O) groups excluding carboxylic acids is 2. The zero-order valence-corrected chi connectivity index (χ0v) is 9.24. The molecule has 0 spiro atoms. The van der Waals surface area contributed by atoms with E-state index >= 15 is 0 Å². The largest absolute Gasteiger partial charge is 0.479 e. The molecule has 1 aromatic rings. The van der Waals surface area contributed by atoms with Crippen molar-refractivity contribution >= 4 is 17.8 Å². The quantitative estimate of drug-likeness (QED) is 0.698. The molecular formula is C11H10N2O5. The molecule has 2 heterocycles. The minimum absolute atomic E-state index is 0.0623. The number of aliphatic carboxylic acids is 1. The highest BCUT2D eigenvalue weighted by atomic mass is 16.4. The fourth-order valence-corrected chi connectivity index (χ4v) is 1.69. The first-order valence-electron chi connectivity index (χ1n) is 5.24. The average Bonchev–Trinajstić information content (AvgIpc) is 2.60. The summed E-state index contributed by atoms with van der Waals surface area (Å²) in [5.74, 6) is -2.46. The van der Waals surface area contributed by atoms with E-state index in [9.17, 15) is 14.4 Å². The SMILES string of the molecule is O=C(O)C(O)CCN1C(=O)c2cccnc2C1=O. The number of aromatic nitrogens is 1. The number of carbonyl (C=O) groups is 3. The first-order valence-corrected chi connectivity index (χ1v) is 5.24. The van der Waals surface area contributed by atoms with E-state index in [0.29, 0.717) is 0 Å². The Morgan fingerprint density at radius 3 is 2.72 bits per heavy atom. The van der Waals surface area contributed by atoms with E-state index in [1.54, 1.807) is 6.07 Å². The molecule has 0 aliphatic carbocycles. The van der Waals surface area contributed by atoms with Gasteiger partial charge in [-0.25, -0.2) is 4.79 Å². The van der Waals surface area contributed by atoms with Crippen LogP contribution in [0, 0.1) is 0 Å². The van der Waals surface area contributed by atoms with Crippen LogP contribution in [0.3, 0.4) is 0 Å². The van der Waals surface area contributed by atoms with Gasteiger partial charge in [-0.2, -0.15) is 0 Å². The van der Waals surface area contributed by atoms with Crippen molar-refractivity contribution in [3.8, 4) is 0 Å². The zero-order chi connectivity index (χ0) is 13.3. The monoisotopic (exact) mass is 250 g/mol. The maximum atomic E-state index is 11.8. The lowest BCUT2D eigenvalue weighted by molar-refractivity contribution is -0.147. The summed E-state index contributed by atoms with van der Waals surface area (Å²) >= 11 is 0. The summed E-state index contributed by atoms with van der Waals surface area (Å²) in [7, 11) is 0. The second-order valence-electron chi connectivity index (χ2n) is 3.80. The third-order valence-electron chi connectivity index (χ3n) is 2.64. The highest BCUT2D eigenvalue weighted by Gasteiger charge is 2.36. The number of hydrogen-bond donors (Lipinski definition) is 2. The van der Waals surface area contributed by atoms with Crippen molar-refractivity contribution in [3.05, 3.63) is 29.6 Å². The lowest BCUT2D eigenvalue weighted by atomic mass is 10.2. The summed E-state index contributed by atoms with van der Waals surface area (Å²) in [5, 5.41) is 17.6. The van der Waals surface area contributed by atoms with Crippen molar-refractivity contribution in [2.24, 2.45) is 0 Å². The second kappa shape index (κ2) is 4.53. The number of fused-ring (bicyclic) bond motifs is 1. The number of imide groups is 1. The van der Waals surface area contributed by atoms with E-state index in [1.807, 2.05) is 0 Å². The molecule has 2 N–H and O–H groups in total. The van der Waals surface area contributed by atoms with Crippen LogP contribution < -0.4 is 0 Å². The summed E-state index contributed by atoms with van der Waals surface area (Å²) in [6.07, 6.45) is -0.400. The summed E-state index contributed by atoms with van der Waals surface area (Å²) in [6, 6.07) is 3.02. The average molecular weight is 250 g/mol. The molecule has 1 aliphatic rings. The van der Waals surface area contributed by atoms with Crippen LogP contribution in [0.25, 0.3) is 0 Å². The molecule has 0 saturated carbocycles. The Bertz CT molecular complexity index is 493. The first kappa shape index (κ1) is 12.2. The Labute approximate surface area is 102 Å². The Morgan fingerprint density at radius 2 is 2.11 bits per heavy atom. The topological polar surface area (TPSA) is 108 Å². The Morgan fingerprint density at radius 1 is 1.39 bits per heavy atom. The van der Waals surface area contributed by atoms with Crippen LogP contribution in [-0.4, -0.2) is 50.5 Å². The third-order valence-corrected chi connectivity index (χ3v) is 2.64. The maximum Gasteiger partial charge on any atom is 0.332 e.